The molecule has 0 N–H and O–H groups in total. The normalized spacial score (nSPS) is 19.9. The first-order valence-corrected chi connectivity index (χ1v) is 11.8. The number of carbonyl (C=O) groups is 1. The van der Waals surface area contributed by atoms with Crippen LogP contribution in [0.1, 0.15) is 48.5 Å². The van der Waals surface area contributed by atoms with Crippen LogP contribution >= 0.6 is 11.6 Å². The zero-order valence-corrected chi connectivity index (χ0v) is 18.8. The van der Waals surface area contributed by atoms with E-state index in [9.17, 15) is 4.79 Å². The minimum atomic E-state index is 0.0918. The lowest BCUT2D eigenvalue weighted by Crippen LogP contribution is -2.29. The lowest BCUT2D eigenvalue weighted by Gasteiger charge is -2.28. The highest BCUT2D eigenvalue weighted by atomic mass is 35.5. The van der Waals surface area contributed by atoms with Crippen molar-refractivity contribution in [2.75, 3.05) is 6.54 Å². The van der Waals surface area contributed by atoms with Crippen LogP contribution in [0.15, 0.2) is 66.5 Å². The van der Waals surface area contributed by atoms with Crippen LogP contribution in [-0.4, -0.2) is 27.8 Å². The lowest BCUT2D eigenvalue weighted by molar-refractivity contribution is 0.101. The number of fused-ring (bicyclic) bond motifs is 3. The Bertz CT molecular complexity index is 1130. The predicted octanol–water partition coefficient (Wildman–Crippen LogP) is 6.50. The first-order valence-electron chi connectivity index (χ1n) is 11.4. The van der Waals surface area contributed by atoms with Crippen molar-refractivity contribution >= 4 is 28.3 Å². The monoisotopic (exact) mass is 432 g/mol. The molecule has 31 heavy (non-hydrogen) atoms. The van der Waals surface area contributed by atoms with Gasteiger partial charge < -0.3 is 9.47 Å². The number of halogens is 1. The van der Waals surface area contributed by atoms with Crippen molar-refractivity contribution in [2.45, 2.75) is 51.6 Å². The first-order chi connectivity index (χ1) is 15.1. The summed E-state index contributed by atoms with van der Waals surface area (Å²) in [6.45, 7) is 3.55. The van der Waals surface area contributed by atoms with Crippen molar-refractivity contribution < 1.29 is 4.79 Å². The summed E-state index contributed by atoms with van der Waals surface area (Å²) >= 11 is 6.48. The molecule has 0 spiro atoms. The molecule has 1 aliphatic carbocycles. The van der Waals surface area contributed by atoms with E-state index in [0.29, 0.717) is 11.1 Å². The van der Waals surface area contributed by atoms with Crippen molar-refractivity contribution in [1.82, 2.24) is 9.47 Å². The quantitative estimate of drug-likeness (QED) is 0.379. The van der Waals surface area contributed by atoms with Gasteiger partial charge in [-0.3, -0.25) is 4.79 Å². The van der Waals surface area contributed by atoms with Gasteiger partial charge in [0.2, 0.25) is 0 Å². The summed E-state index contributed by atoms with van der Waals surface area (Å²) in [4.78, 5) is 14.6. The van der Waals surface area contributed by atoms with Crippen LogP contribution in [0.5, 0.6) is 0 Å². The van der Waals surface area contributed by atoms with Crippen LogP contribution < -0.4 is 0 Å². The average molecular weight is 433 g/mol. The fourth-order valence-corrected chi connectivity index (χ4v) is 5.75. The van der Waals surface area contributed by atoms with Gasteiger partial charge in [-0.25, -0.2) is 0 Å². The van der Waals surface area contributed by atoms with Gasteiger partial charge in [-0.05, 0) is 68.3 Å². The van der Waals surface area contributed by atoms with Gasteiger partial charge in [-0.15, -0.1) is 0 Å². The van der Waals surface area contributed by atoms with Gasteiger partial charge in [0.05, 0.1) is 10.5 Å². The summed E-state index contributed by atoms with van der Waals surface area (Å²) in [5.41, 5.74) is 4.84. The Morgan fingerprint density at radius 2 is 1.94 bits per heavy atom. The molecule has 0 saturated heterocycles. The van der Waals surface area contributed by atoms with Crippen LogP contribution in [-0.2, 0) is 13.0 Å². The van der Waals surface area contributed by atoms with Crippen LogP contribution in [0.4, 0.5) is 0 Å². The molecule has 1 fully saturated rings. The molecular weight excluding hydrogens is 404 g/mol. The number of hydrogen-bond donors (Lipinski definition) is 0. The number of aromatic nitrogens is 1. The number of hydrogen-bond acceptors (Lipinski definition) is 2. The van der Waals surface area contributed by atoms with Crippen molar-refractivity contribution in [3.05, 3.63) is 82.7 Å². The molecule has 2 unspecified atom stereocenters. The van der Waals surface area contributed by atoms with Gasteiger partial charge in [0, 0.05) is 36.3 Å². The minimum Gasteiger partial charge on any atom is -0.374 e. The highest BCUT2D eigenvalue weighted by Gasteiger charge is 2.37. The van der Waals surface area contributed by atoms with E-state index >= 15 is 0 Å². The van der Waals surface area contributed by atoms with Gasteiger partial charge in [0.15, 0.2) is 5.78 Å². The molecule has 1 aliphatic heterocycles. The lowest BCUT2D eigenvalue weighted by atomic mass is 9.93. The smallest absolute Gasteiger partial charge is 0.161 e. The zero-order chi connectivity index (χ0) is 21.4. The first kappa shape index (κ1) is 20.4. The predicted molar refractivity (Wildman–Crippen MR) is 128 cm³/mol. The Labute approximate surface area is 189 Å². The Morgan fingerprint density at radius 1 is 1.10 bits per heavy atom. The average Bonchev–Trinajstić information content (AvgIpc) is 3.46. The van der Waals surface area contributed by atoms with E-state index in [1.807, 2.05) is 24.4 Å². The number of carbonyl (C=O) groups excluding carboxylic acids is 1. The number of Topliss-reactive ketones (excluding diaryl/α,β-unsaturated/α-hetero) is 1. The van der Waals surface area contributed by atoms with E-state index in [0.717, 1.165) is 41.9 Å². The maximum Gasteiger partial charge on any atom is 0.161 e. The third-order valence-corrected chi connectivity index (χ3v) is 7.33. The summed E-state index contributed by atoms with van der Waals surface area (Å²) in [7, 11) is 0. The summed E-state index contributed by atoms with van der Waals surface area (Å²) in [6.07, 6.45) is 10.4. The molecule has 2 aliphatic rings. The second kappa shape index (κ2) is 8.55. The van der Waals surface area contributed by atoms with E-state index < -0.39 is 0 Å². The van der Waals surface area contributed by atoms with Crippen LogP contribution in [0.2, 0.25) is 5.02 Å². The Morgan fingerprint density at radius 3 is 2.68 bits per heavy atom. The third kappa shape index (κ3) is 4.04. The third-order valence-electron chi connectivity index (χ3n) is 7.02. The van der Waals surface area contributed by atoms with Crippen molar-refractivity contribution in [2.24, 2.45) is 5.92 Å². The molecule has 2 atom stereocenters. The van der Waals surface area contributed by atoms with E-state index in [4.69, 9.17) is 11.6 Å². The molecule has 2 heterocycles. The number of para-hydroxylation sites is 1. The molecule has 1 aromatic heterocycles. The van der Waals surface area contributed by atoms with Gasteiger partial charge in [0.1, 0.15) is 0 Å². The molecule has 4 heteroatoms. The van der Waals surface area contributed by atoms with Crippen LogP contribution in [0, 0.1) is 5.92 Å². The molecule has 160 valence electrons. The molecule has 3 nitrogen and oxygen atoms in total. The number of rotatable bonds is 8. The number of nitrogens with zero attached hydrogens (tertiary/aromatic N) is 2. The SMILES string of the molecule is CC(=O)c1cn(CCCN2C=C3CC2CC3CCc2ccccc2)c2c(Cl)cccc12. The summed E-state index contributed by atoms with van der Waals surface area (Å²) in [5.74, 6) is 0.848. The Balaban J connectivity index is 1.19. The number of ketones is 1. The van der Waals surface area contributed by atoms with E-state index in [-0.39, 0.29) is 5.78 Å². The highest BCUT2D eigenvalue weighted by Crippen LogP contribution is 2.42. The molecule has 2 bridgehead atoms. The second-order valence-corrected chi connectivity index (χ2v) is 9.45. The van der Waals surface area contributed by atoms with Gasteiger partial charge in [0.25, 0.3) is 0 Å². The van der Waals surface area contributed by atoms with Crippen molar-refractivity contribution in [3.63, 3.8) is 0 Å². The number of aryl methyl sites for hydroxylation is 2. The fourth-order valence-electron chi connectivity index (χ4n) is 5.46. The maximum atomic E-state index is 12.1. The molecule has 2 aromatic carbocycles. The topological polar surface area (TPSA) is 25.2 Å². The van der Waals surface area contributed by atoms with Crippen molar-refractivity contribution in [3.8, 4) is 0 Å². The van der Waals surface area contributed by atoms with E-state index in [1.54, 1.807) is 12.5 Å². The van der Waals surface area contributed by atoms with Gasteiger partial charge in [-0.2, -0.15) is 0 Å². The highest BCUT2D eigenvalue weighted by molar-refractivity contribution is 6.35. The van der Waals surface area contributed by atoms with Crippen LogP contribution in [0.25, 0.3) is 10.9 Å². The number of benzene rings is 2. The molecular formula is C27H29ClN2O. The Hall–Kier alpha value is -2.52. The summed E-state index contributed by atoms with van der Waals surface area (Å²) in [5, 5.41) is 1.68. The van der Waals surface area contributed by atoms with Crippen LogP contribution in [0.3, 0.4) is 0 Å². The molecule has 0 amide bonds. The minimum absolute atomic E-state index is 0.0918. The van der Waals surface area contributed by atoms with Gasteiger partial charge in [-0.1, -0.05) is 54.1 Å². The van der Waals surface area contributed by atoms with E-state index in [2.05, 4.69) is 46.0 Å². The summed E-state index contributed by atoms with van der Waals surface area (Å²) < 4.78 is 2.17. The molecule has 3 aromatic rings. The fraction of sp³-hybridized carbons (Fsp3) is 0.370. The van der Waals surface area contributed by atoms with Crippen molar-refractivity contribution in [1.29, 1.82) is 0 Å². The molecule has 0 radical (unpaired) electrons. The maximum absolute atomic E-state index is 12.1. The standard InChI is InChI=1S/C27H29ClN2O/c1-19(31)25-18-30(27-24(25)9-5-10-26(27)28)14-6-13-29-17-22-16-23(29)15-21(22)12-11-20-7-3-2-4-8-20/h2-5,7-10,17-18,21,23H,6,11-16H2,1H3. The molecule has 5 rings (SSSR count). The zero-order valence-electron chi connectivity index (χ0n) is 18.1. The second-order valence-electron chi connectivity index (χ2n) is 9.04. The Kier molecular flexibility index (Phi) is 5.62. The molecule has 1 saturated carbocycles. The van der Waals surface area contributed by atoms with E-state index in [1.165, 1.54) is 31.2 Å². The largest absolute Gasteiger partial charge is 0.374 e. The summed E-state index contributed by atoms with van der Waals surface area (Å²) in [6, 6.07) is 17.3. The van der Waals surface area contributed by atoms with Gasteiger partial charge >= 0.3 is 0 Å².